The van der Waals surface area contributed by atoms with Crippen LogP contribution in [-0.2, 0) is 0 Å². The number of fused-ring (bicyclic) bond motifs is 1. The molecular weight excluding hydrogens is 204 g/mol. The highest BCUT2D eigenvalue weighted by Gasteiger charge is 2.22. The van der Waals surface area contributed by atoms with Crippen LogP contribution in [0, 0.1) is 0 Å². The molecule has 0 aliphatic carbocycles. The summed E-state index contributed by atoms with van der Waals surface area (Å²) in [7, 11) is 4.11. The Bertz CT molecular complexity index is 327. The average molecular weight is 215 g/mol. The molecule has 2 rings (SSSR count). The molecule has 1 N–H and O–H groups in total. The van der Waals surface area contributed by atoms with E-state index in [2.05, 4.69) is 24.3 Å². The van der Waals surface area contributed by atoms with Gasteiger partial charge in [-0.15, -0.1) is 0 Å². The summed E-state index contributed by atoms with van der Waals surface area (Å²) in [5.74, 6) is 0. The summed E-state index contributed by atoms with van der Waals surface area (Å²) in [6.07, 6.45) is 0. The van der Waals surface area contributed by atoms with Crippen molar-refractivity contribution in [3.63, 3.8) is 0 Å². The number of hydrogen-bond acceptors (Lipinski definition) is 3. The monoisotopic (exact) mass is 214 g/mol. The second-order valence-electron chi connectivity index (χ2n) is 3.22. The van der Waals surface area contributed by atoms with Crippen molar-refractivity contribution in [2.45, 2.75) is 10.4 Å². The van der Waals surface area contributed by atoms with Crippen molar-refractivity contribution >= 4 is 29.1 Å². The average Bonchev–Trinajstić information content (AvgIpc) is 2.46. The Labute approximate surface area is 87.3 Å². The highest BCUT2D eigenvalue weighted by atomic mass is 35.5. The van der Waals surface area contributed by atoms with E-state index in [1.807, 2.05) is 18.2 Å². The number of thioether (sulfide) groups is 1. The third-order valence-corrected chi connectivity index (χ3v) is 3.52. The molecule has 4 heteroatoms. The summed E-state index contributed by atoms with van der Waals surface area (Å²) in [5.41, 5.74) is 1.50. The Balaban J connectivity index is 2.25. The van der Waals surface area contributed by atoms with Crippen molar-refractivity contribution in [2.75, 3.05) is 19.4 Å². The van der Waals surface area contributed by atoms with Crippen molar-refractivity contribution in [1.82, 2.24) is 4.90 Å². The van der Waals surface area contributed by atoms with Crippen LogP contribution in [0.1, 0.15) is 0 Å². The van der Waals surface area contributed by atoms with Gasteiger partial charge < -0.3 is 5.32 Å². The van der Waals surface area contributed by atoms with Crippen molar-refractivity contribution in [1.29, 1.82) is 0 Å². The molecule has 1 heterocycles. The Morgan fingerprint density at radius 2 is 2.23 bits per heavy atom. The van der Waals surface area contributed by atoms with Gasteiger partial charge in [0.1, 0.15) is 5.50 Å². The maximum absolute atomic E-state index is 5.90. The van der Waals surface area contributed by atoms with Gasteiger partial charge in [0.15, 0.2) is 0 Å². The summed E-state index contributed by atoms with van der Waals surface area (Å²) < 4.78 is 0. The number of hydrogen-bond donors (Lipinski definition) is 1. The zero-order chi connectivity index (χ0) is 9.42. The summed E-state index contributed by atoms with van der Waals surface area (Å²) in [6, 6.07) is 5.93. The molecule has 2 nitrogen and oxygen atoms in total. The van der Waals surface area contributed by atoms with Gasteiger partial charge in [-0.05, 0) is 32.3 Å². The van der Waals surface area contributed by atoms with Crippen LogP contribution in [0.2, 0.25) is 5.02 Å². The largest absolute Gasteiger partial charge is 0.360 e. The highest BCUT2D eigenvalue weighted by molar-refractivity contribution is 8.00. The van der Waals surface area contributed by atoms with Crippen molar-refractivity contribution < 1.29 is 0 Å². The smallest absolute Gasteiger partial charge is 0.132 e. The molecule has 0 amide bonds. The van der Waals surface area contributed by atoms with Gasteiger partial charge in [0, 0.05) is 15.6 Å². The summed E-state index contributed by atoms with van der Waals surface area (Å²) >= 11 is 7.68. The van der Waals surface area contributed by atoms with Crippen molar-refractivity contribution in [3.8, 4) is 0 Å². The maximum Gasteiger partial charge on any atom is 0.132 e. The summed E-state index contributed by atoms with van der Waals surface area (Å²) in [5, 5.41) is 4.19. The van der Waals surface area contributed by atoms with Gasteiger partial charge in [0.25, 0.3) is 0 Å². The van der Waals surface area contributed by atoms with Crippen LogP contribution in [-0.4, -0.2) is 24.5 Å². The molecule has 0 fully saturated rings. The SMILES string of the molecule is CN(C)C1Nc2ccc(Cl)cc2S1. The minimum Gasteiger partial charge on any atom is -0.360 e. The first kappa shape index (κ1) is 9.19. The van der Waals surface area contributed by atoms with E-state index in [0.29, 0.717) is 5.50 Å². The molecule has 1 aromatic carbocycles. The van der Waals surface area contributed by atoms with E-state index in [1.165, 1.54) is 10.6 Å². The number of anilines is 1. The van der Waals surface area contributed by atoms with Crippen molar-refractivity contribution in [2.24, 2.45) is 0 Å². The van der Waals surface area contributed by atoms with E-state index in [4.69, 9.17) is 11.6 Å². The fourth-order valence-electron chi connectivity index (χ4n) is 1.23. The number of benzene rings is 1. The van der Waals surface area contributed by atoms with E-state index in [-0.39, 0.29) is 0 Å². The summed E-state index contributed by atoms with van der Waals surface area (Å²) in [4.78, 5) is 3.37. The van der Waals surface area contributed by atoms with Crippen LogP contribution in [0.15, 0.2) is 23.1 Å². The predicted molar refractivity (Wildman–Crippen MR) is 58.4 cm³/mol. The molecule has 0 saturated carbocycles. The molecule has 1 aromatic rings. The second kappa shape index (κ2) is 3.40. The second-order valence-corrected chi connectivity index (χ2v) is 4.78. The predicted octanol–water partition coefficient (Wildman–Crippen LogP) is 2.70. The van der Waals surface area contributed by atoms with E-state index < -0.39 is 0 Å². The third-order valence-electron chi connectivity index (χ3n) is 1.93. The lowest BCUT2D eigenvalue weighted by Gasteiger charge is -2.18. The molecule has 70 valence electrons. The van der Waals surface area contributed by atoms with E-state index in [1.54, 1.807) is 11.8 Å². The molecule has 1 aliphatic rings. The molecule has 0 aromatic heterocycles. The number of nitrogens with zero attached hydrogens (tertiary/aromatic N) is 1. The normalized spacial score (nSPS) is 20.2. The van der Waals surface area contributed by atoms with Crippen LogP contribution in [0.3, 0.4) is 0 Å². The Morgan fingerprint density at radius 1 is 1.46 bits per heavy atom. The van der Waals surface area contributed by atoms with Gasteiger partial charge in [0.2, 0.25) is 0 Å². The molecule has 0 radical (unpaired) electrons. The van der Waals surface area contributed by atoms with E-state index in [9.17, 15) is 0 Å². The first-order valence-corrected chi connectivity index (χ1v) is 5.32. The van der Waals surface area contributed by atoms with Crippen LogP contribution in [0.25, 0.3) is 0 Å². The lowest BCUT2D eigenvalue weighted by atomic mass is 10.3. The maximum atomic E-state index is 5.90. The molecule has 13 heavy (non-hydrogen) atoms. The lowest BCUT2D eigenvalue weighted by molar-refractivity contribution is 0.412. The van der Waals surface area contributed by atoms with E-state index in [0.717, 1.165) is 5.02 Å². The zero-order valence-corrected chi connectivity index (χ0v) is 9.12. The van der Waals surface area contributed by atoms with E-state index >= 15 is 0 Å². The summed E-state index contributed by atoms with van der Waals surface area (Å²) in [6.45, 7) is 0. The molecule has 0 spiro atoms. The molecule has 0 bridgehead atoms. The van der Waals surface area contributed by atoms with Gasteiger partial charge in [-0.3, -0.25) is 4.90 Å². The molecule has 1 atom stereocenters. The quantitative estimate of drug-likeness (QED) is 0.774. The van der Waals surface area contributed by atoms with Gasteiger partial charge in [-0.2, -0.15) is 0 Å². The first-order valence-electron chi connectivity index (χ1n) is 4.06. The van der Waals surface area contributed by atoms with Crippen LogP contribution in [0.5, 0.6) is 0 Å². The van der Waals surface area contributed by atoms with Crippen molar-refractivity contribution in [3.05, 3.63) is 23.2 Å². The lowest BCUT2D eigenvalue weighted by Crippen LogP contribution is -2.28. The fraction of sp³-hybridized carbons (Fsp3) is 0.333. The first-order chi connectivity index (χ1) is 6.16. The topological polar surface area (TPSA) is 15.3 Å². The van der Waals surface area contributed by atoms with Crippen LogP contribution in [0.4, 0.5) is 5.69 Å². The number of rotatable bonds is 1. The Morgan fingerprint density at radius 3 is 2.92 bits per heavy atom. The van der Waals surface area contributed by atoms with Gasteiger partial charge in [-0.25, -0.2) is 0 Å². The standard InChI is InChI=1S/C9H11ClN2S/c1-12(2)9-11-7-4-3-6(10)5-8(7)13-9/h3-5,9,11H,1-2H3. The molecule has 1 unspecified atom stereocenters. The molecular formula is C9H11ClN2S. The van der Waals surface area contributed by atoms with Gasteiger partial charge in [-0.1, -0.05) is 23.4 Å². The minimum absolute atomic E-state index is 0.327. The molecule has 0 saturated heterocycles. The highest BCUT2D eigenvalue weighted by Crippen LogP contribution is 2.40. The van der Waals surface area contributed by atoms with Gasteiger partial charge >= 0.3 is 0 Å². The molecule has 1 aliphatic heterocycles. The minimum atomic E-state index is 0.327. The van der Waals surface area contributed by atoms with Gasteiger partial charge in [0.05, 0.1) is 0 Å². The fourth-order valence-corrected chi connectivity index (χ4v) is 2.55. The number of halogens is 1. The Hall–Kier alpha value is -0.380. The zero-order valence-electron chi connectivity index (χ0n) is 7.54. The third kappa shape index (κ3) is 1.77. The van der Waals surface area contributed by atoms with Crippen LogP contribution < -0.4 is 5.32 Å². The van der Waals surface area contributed by atoms with Crippen LogP contribution >= 0.6 is 23.4 Å². The number of nitrogens with one attached hydrogen (secondary N) is 1. The Kier molecular flexibility index (Phi) is 2.41.